The highest BCUT2D eigenvalue weighted by Gasteiger charge is 2.29. The lowest BCUT2D eigenvalue weighted by Crippen LogP contribution is -2.44. The van der Waals surface area contributed by atoms with Crippen LogP contribution in [-0.4, -0.2) is 32.9 Å². The first-order valence-corrected chi connectivity index (χ1v) is 11.3. The Balaban J connectivity index is 1.41. The van der Waals surface area contributed by atoms with E-state index in [2.05, 4.69) is 34.2 Å². The molecule has 1 aliphatic rings. The van der Waals surface area contributed by atoms with Gasteiger partial charge >= 0.3 is 0 Å². The summed E-state index contributed by atoms with van der Waals surface area (Å²) in [6.07, 6.45) is 7.42. The van der Waals surface area contributed by atoms with Crippen LogP contribution in [-0.2, 0) is 6.54 Å². The largest absolute Gasteiger partial charge is 0.351 e. The molecule has 3 N–H and O–H groups in total. The van der Waals surface area contributed by atoms with Gasteiger partial charge in [-0.2, -0.15) is 0 Å². The number of amides is 1. The maximum Gasteiger partial charge on any atom is 0.270 e. The number of H-pyrrole nitrogens is 1. The third-order valence-corrected chi connectivity index (χ3v) is 6.52. The van der Waals surface area contributed by atoms with Gasteiger partial charge in [0.2, 0.25) is 0 Å². The molecular formula is C27H28N4O. The van der Waals surface area contributed by atoms with Gasteiger partial charge in [-0.3, -0.25) is 9.78 Å². The number of aromatic amines is 1. The van der Waals surface area contributed by atoms with E-state index in [1.165, 1.54) is 0 Å². The molecular weight excluding hydrogens is 396 g/mol. The zero-order chi connectivity index (χ0) is 21.9. The van der Waals surface area contributed by atoms with Gasteiger partial charge in [0.1, 0.15) is 5.69 Å². The molecule has 0 radical (unpaired) electrons. The van der Waals surface area contributed by atoms with Crippen molar-refractivity contribution < 1.29 is 4.79 Å². The second-order valence-corrected chi connectivity index (χ2v) is 8.70. The van der Waals surface area contributed by atoms with Crippen molar-refractivity contribution >= 4 is 16.8 Å². The van der Waals surface area contributed by atoms with E-state index in [-0.39, 0.29) is 18.0 Å². The fraction of sp³-hybridized carbons (Fsp3) is 0.259. The summed E-state index contributed by atoms with van der Waals surface area (Å²) in [6, 6.07) is 22.9. The summed E-state index contributed by atoms with van der Waals surface area (Å²) in [5, 5.41) is 1.06. The highest BCUT2D eigenvalue weighted by atomic mass is 16.2. The van der Waals surface area contributed by atoms with E-state index in [4.69, 9.17) is 5.73 Å². The van der Waals surface area contributed by atoms with Gasteiger partial charge in [0.25, 0.3) is 5.91 Å². The Hall–Kier alpha value is -3.44. The van der Waals surface area contributed by atoms with Crippen molar-refractivity contribution in [2.75, 3.05) is 0 Å². The molecule has 0 aliphatic heterocycles. The summed E-state index contributed by atoms with van der Waals surface area (Å²) in [5.41, 5.74) is 11.2. The summed E-state index contributed by atoms with van der Waals surface area (Å²) in [6.45, 7) is 0.588. The maximum atomic E-state index is 13.6. The molecule has 5 rings (SSSR count). The minimum atomic E-state index is 0.0554. The third-order valence-electron chi connectivity index (χ3n) is 6.52. The van der Waals surface area contributed by atoms with E-state index in [9.17, 15) is 4.79 Å². The van der Waals surface area contributed by atoms with Gasteiger partial charge in [-0.25, -0.2) is 0 Å². The van der Waals surface area contributed by atoms with Gasteiger partial charge < -0.3 is 15.6 Å². The second-order valence-electron chi connectivity index (χ2n) is 8.70. The van der Waals surface area contributed by atoms with E-state index >= 15 is 0 Å². The van der Waals surface area contributed by atoms with Crippen LogP contribution in [0.15, 0.2) is 79.1 Å². The van der Waals surface area contributed by atoms with Crippen LogP contribution in [0.4, 0.5) is 0 Å². The maximum absolute atomic E-state index is 13.6. The Morgan fingerprint density at radius 3 is 2.34 bits per heavy atom. The molecule has 2 aromatic heterocycles. The number of benzene rings is 2. The van der Waals surface area contributed by atoms with Gasteiger partial charge in [-0.05, 0) is 66.6 Å². The lowest BCUT2D eigenvalue weighted by Gasteiger charge is -2.36. The van der Waals surface area contributed by atoms with Crippen LogP contribution in [0, 0.1) is 0 Å². The summed E-state index contributed by atoms with van der Waals surface area (Å²) >= 11 is 0. The van der Waals surface area contributed by atoms with Gasteiger partial charge in [0, 0.05) is 41.9 Å². The number of hydrogen-bond donors (Lipinski definition) is 2. The van der Waals surface area contributed by atoms with Crippen LogP contribution in [0.3, 0.4) is 0 Å². The van der Waals surface area contributed by atoms with E-state index in [0.717, 1.165) is 53.3 Å². The minimum absolute atomic E-state index is 0.0554. The number of nitrogens with two attached hydrogens (primary N) is 1. The normalized spacial score (nSPS) is 18.5. The predicted octanol–water partition coefficient (Wildman–Crippen LogP) is 5.14. The van der Waals surface area contributed by atoms with Crippen molar-refractivity contribution in [2.24, 2.45) is 5.73 Å². The Morgan fingerprint density at radius 2 is 1.62 bits per heavy atom. The first-order chi connectivity index (χ1) is 15.7. The lowest BCUT2D eigenvalue weighted by molar-refractivity contribution is 0.0601. The highest BCUT2D eigenvalue weighted by Crippen LogP contribution is 2.27. The number of rotatable bonds is 5. The van der Waals surface area contributed by atoms with Crippen molar-refractivity contribution in [3.8, 4) is 11.1 Å². The SMILES string of the molecule is NC1CCC(N(Cc2ccc(-c3ccncc3)cc2)C(=O)c2cc3ccccc3[nH]2)CC1. The molecule has 0 unspecified atom stereocenters. The van der Waals surface area contributed by atoms with Crippen molar-refractivity contribution in [1.82, 2.24) is 14.9 Å². The number of aromatic nitrogens is 2. The average molecular weight is 425 g/mol. The van der Waals surface area contributed by atoms with Crippen LogP contribution in [0.2, 0.25) is 0 Å². The van der Waals surface area contributed by atoms with Crippen LogP contribution in [0.25, 0.3) is 22.0 Å². The number of para-hydroxylation sites is 1. The Bertz CT molecular complexity index is 1160. The molecule has 4 aromatic rings. The number of hydrogen-bond acceptors (Lipinski definition) is 3. The van der Waals surface area contributed by atoms with E-state index in [1.807, 2.05) is 47.4 Å². The van der Waals surface area contributed by atoms with Crippen LogP contribution in [0.1, 0.15) is 41.7 Å². The fourth-order valence-electron chi connectivity index (χ4n) is 4.67. The smallest absolute Gasteiger partial charge is 0.270 e. The first kappa shape index (κ1) is 20.5. The molecule has 5 heteroatoms. The molecule has 0 atom stereocenters. The predicted molar refractivity (Wildman–Crippen MR) is 128 cm³/mol. The number of fused-ring (bicyclic) bond motifs is 1. The van der Waals surface area contributed by atoms with Gasteiger partial charge in [0.15, 0.2) is 0 Å². The molecule has 0 saturated heterocycles. The Labute approximate surface area is 188 Å². The van der Waals surface area contributed by atoms with Crippen molar-refractivity contribution in [1.29, 1.82) is 0 Å². The first-order valence-electron chi connectivity index (χ1n) is 11.3. The second kappa shape index (κ2) is 8.97. The lowest BCUT2D eigenvalue weighted by atomic mass is 9.90. The quantitative estimate of drug-likeness (QED) is 0.466. The average Bonchev–Trinajstić information content (AvgIpc) is 3.28. The monoisotopic (exact) mass is 424 g/mol. The summed E-state index contributed by atoms with van der Waals surface area (Å²) in [4.78, 5) is 23.1. The number of pyridine rings is 1. The minimum Gasteiger partial charge on any atom is -0.351 e. The molecule has 2 aromatic carbocycles. The standard InChI is InChI=1S/C27H28N4O/c28-23-9-11-24(12-10-23)31(27(32)26-17-22-3-1-2-4-25(22)30-26)18-19-5-7-20(8-6-19)21-13-15-29-16-14-21/h1-8,13-17,23-24,30H,9-12,18,28H2. The molecule has 1 fully saturated rings. The highest BCUT2D eigenvalue weighted by molar-refractivity contribution is 5.98. The molecule has 5 nitrogen and oxygen atoms in total. The van der Waals surface area contributed by atoms with Gasteiger partial charge in [-0.1, -0.05) is 42.5 Å². The van der Waals surface area contributed by atoms with E-state index in [1.54, 1.807) is 12.4 Å². The van der Waals surface area contributed by atoms with Crippen molar-refractivity contribution in [2.45, 2.75) is 44.3 Å². The van der Waals surface area contributed by atoms with Gasteiger partial charge in [0.05, 0.1) is 0 Å². The molecule has 1 aliphatic carbocycles. The van der Waals surface area contributed by atoms with E-state index < -0.39 is 0 Å². The molecule has 1 amide bonds. The van der Waals surface area contributed by atoms with Crippen LogP contribution in [0.5, 0.6) is 0 Å². The van der Waals surface area contributed by atoms with E-state index in [0.29, 0.717) is 12.2 Å². The zero-order valence-corrected chi connectivity index (χ0v) is 18.1. The molecule has 32 heavy (non-hydrogen) atoms. The number of nitrogens with one attached hydrogen (secondary N) is 1. The topological polar surface area (TPSA) is 75.0 Å². The van der Waals surface area contributed by atoms with Crippen LogP contribution >= 0.6 is 0 Å². The number of carbonyl (C=O) groups is 1. The summed E-state index contributed by atoms with van der Waals surface area (Å²) in [7, 11) is 0. The molecule has 0 spiro atoms. The van der Waals surface area contributed by atoms with Crippen molar-refractivity contribution in [3.05, 3.63) is 90.4 Å². The Morgan fingerprint density at radius 1 is 0.938 bits per heavy atom. The molecule has 1 saturated carbocycles. The molecule has 162 valence electrons. The molecule has 0 bridgehead atoms. The summed E-state index contributed by atoms with van der Waals surface area (Å²) < 4.78 is 0. The van der Waals surface area contributed by atoms with Crippen LogP contribution < -0.4 is 5.73 Å². The number of carbonyl (C=O) groups excluding carboxylic acids is 1. The van der Waals surface area contributed by atoms with Gasteiger partial charge in [-0.15, -0.1) is 0 Å². The Kier molecular flexibility index (Phi) is 5.73. The third kappa shape index (κ3) is 4.30. The summed E-state index contributed by atoms with van der Waals surface area (Å²) in [5.74, 6) is 0.0554. The fourth-order valence-corrected chi connectivity index (χ4v) is 4.67. The number of nitrogens with zero attached hydrogens (tertiary/aromatic N) is 2. The molecule has 2 heterocycles. The zero-order valence-electron chi connectivity index (χ0n) is 18.1. The van der Waals surface area contributed by atoms with Crippen molar-refractivity contribution in [3.63, 3.8) is 0 Å².